The molecule has 124 valence electrons. The average Bonchev–Trinajstić information content (AvgIpc) is 3.08. The van der Waals surface area contributed by atoms with Gasteiger partial charge in [-0.15, -0.1) is 11.3 Å². The predicted molar refractivity (Wildman–Crippen MR) is 95.7 cm³/mol. The second kappa shape index (κ2) is 7.27. The van der Waals surface area contributed by atoms with Gasteiger partial charge in [0.05, 0.1) is 22.0 Å². The topological polar surface area (TPSA) is 46.1 Å². The molecule has 4 nitrogen and oxygen atoms in total. The highest BCUT2D eigenvalue weighted by molar-refractivity contribution is 8.00. The molecule has 0 radical (unpaired) electrons. The van der Waals surface area contributed by atoms with Crippen LogP contribution in [0.25, 0.3) is 10.2 Å². The summed E-state index contributed by atoms with van der Waals surface area (Å²) in [5, 5.41) is 2.79. The summed E-state index contributed by atoms with van der Waals surface area (Å²) in [6.07, 6.45) is 1.52. The van der Waals surface area contributed by atoms with E-state index in [2.05, 4.69) is 9.97 Å². The molecule has 0 unspecified atom stereocenters. The van der Waals surface area contributed by atoms with E-state index < -0.39 is 0 Å². The number of hydrogen-bond donors (Lipinski definition) is 0. The molecular weight excluding hydrogens is 345 g/mol. The van der Waals surface area contributed by atoms with E-state index in [0.717, 1.165) is 20.8 Å². The van der Waals surface area contributed by atoms with Crippen LogP contribution >= 0.6 is 23.1 Å². The molecule has 2 aromatic heterocycles. The van der Waals surface area contributed by atoms with E-state index in [-0.39, 0.29) is 17.8 Å². The van der Waals surface area contributed by atoms with E-state index in [1.54, 1.807) is 35.4 Å². The van der Waals surface area contributed by atoms with Gasteiger partial charge in [0.15, 0.2) is 0 Å². The van der Waals surface area contributed by atoms with E-state index in [0.29, 0.717) is 5.75 Å². The lowest BCUT2D eigenvalue weighted by Gasteiger charge is -2.25. The van der Waals surface area contributed by atoms with Crippen molar-refractivity contribution in [3.63, 3.8) is 0 Å². The lowest BCUT2D eigenvalue weighted by Crippen LogP contribution is -2.31. The molecule has 0 N–H and O–H groups in total. The Bertz CT molecular complexity index is 850. The molecule has 0 aliphatic carbocycles. The summed E-state index contributed by atoms with van der Waals surface area (Å²) in [6, 6.07) is 8.05. The summed E-state index contributed by atoms with van der Waals surface area (Å²) in [6.45, 7) is 1.93. The minimum atomic E-state index is -0.279. The van der Waals surface area contributed by atoms with Crippen molar-refractivity contribution >= 4 is 39.2 Å². The van der Waals surface area contributed by atoms with Crippen molar-refractivity contribution in [3.05, 3.63) is 53.4 Å². The molecule has 0 bridgehead atoms. The minimum absolute atomic E-state index is 0.000133. The van der Waals surface area contributed by atoms with Crippen molar-refractivity contribution in [2.24, 2.45) is 0 Å². The van der Waals surface area contributed by atoms with Gasteiger partial charge >= 0.3 is 0 Å². The molecule has 2 heterocycles. The maximum absolute atomic E-state index is 13.0. The van der Waals surface area contributed by atoms with Crippen LogP contribution in [0.4, 0.5) is 4.39 Å². The molecule has 0 fully saturated rings. The van der Waals surface area contributed by atoms with Crippen molar-refractivity contribution in [1.82, 2.24) is 14.9 Å². The molecule has 0 saturated heterocycles. The number of aromatic nitrogens is 2. The quantitative estimate of drug-likeness (QED) is 0.506. The highest BCUT2D eigenvalue weighted by Gasteiger charge is 2.18. The van der Waals surface area contributed by atoms with E-state index in [9.17, 15) is 9.18 Å². The Kier molecular flexibility index (Phi) is 5.11. The lowest BCUT2D eigenvalue weighted by atomic mass is 10.1. The first-order valence-electron chi connectivity index (χ1n) is 7.38. The smallest absolute Gasteiger partial charge is 0.233 e. The van der Waals surface area contributed by atoms with Gasteiger partial charge in [-0.25, -0.2) is 14.4 Å². The summed E-state index contributed by atoms with van der Waals surface area (Å²) in [7, 11) is 1.76. The fraction of sp³-hybridized carbons (Fsp3) is 0.235. The third-order valence-corrected chi connectivity index (χ3v) is 5.88. The largest absolute Gasteiger partial charge is 0.338 e. The molecule has 1 atom stereocenters. The van der Waals surface area contributed by atoms with Crippen LogP contribution in [-0.2, 0) is 4.79 Å². The number of thioether (sulfide) groups is 1. The van der Waals surface area contributed by atoms with Crippen molar-refractivity contribution in [3.8, 4) is 0 Å². The molecule has 3 rings (SSSR count). The number of carbonyl (C=O) groups is 1. The number of hydrogen-bond acceptors (Lipinski definition) is 5. The van der Waals surface area contributed by atoms with Gasteiger partial charge < -0.3 is 4.90 Å². The van der Waals surface area contributed by atoms with Crippen LogP contribution in [0.1, 0.15) is 18.5 Å². The van der Waals surface area contributed by atoms with Crippen LogP contribution in [-0.4, -0.2) is 33.6 Å². The normalized spacial score (nSPS) is 12.3. The Hall–Kier alpha value is -1.99. The van der Waals surface area contributed by atoms with Crippen molar-refractivity contribution in [2.45, 2.75) is 18.0 Å². The van der Waals surface area contributed by atoms with Gasteiger partial charge in [0.25, 0.3) is 0 Å². The van der Waals surface area contributed by atoms with Crippen LogP contribution in [0.5, 0.6) is 0 Å². The Morgan fingerprint density at radius 1 is 1.29 bits per heavy atom. The van der Waals surface area contributed by atoms with Crippen molar-refractivity contribution in [1.29, 1.82) is 0 Å². The first-order valence-corrected chi connectivity index (χ1v) is 9.25. The standard InChI is InChI=1S/C17H16FN3OS2/c1-11(12-3-5-13(18)6-4-12)21(2)15(22)9-24-17-16-14(7-8-23-16)19-10-20-17/h3-8,10-11H,9H2,1-2H3/t11-/m1/s1. The fourth-order valence-corrected chi connectivity index (χ4v) is 4.15. The Labute approximate surface area is 147 Å². The van der Waals surface area contributed by atoms with E-state index >= 15 is 0 Å². The maximum Gasteiger partial charge on any atom is 0.233 e. The molecule has 0 spiro atoms. The van der Waals surface area contributed by atoms with Gasteiger partial charge in [-0.2, -0.15) is 0 Å². The van der Waals surface area contributed by atoms with Crippen LogP contribution in [0.15, 0.2) is 47.1 Å². The van der Waals surface area contributed by atoms with Crippen LogP contribution < -0.4 is 0 Å². The summed E-state index contributed by atoms with van der Waals surface area (Å²) >= 11 is 2.99. The molecular formula is C17H16FN3OS2. The second-order valence-corrected chi connectivity index (χ2v) is 7.21. The number of halogens is 1. The number of thiophene rings is 1. The van der Waals surface area contributed by atoms with E-state index in [1.807, 2.05) is 18.4 Å². The highest BCUT2D eigenvalue weighted by Crippen LogP contribution is 2.29. The second-order valence-electron chi connectivity index (χ2n) is 5.33. The Morgan fingerprint density at radius 2 is 2.04 bits per heavy atom. The van der Waals surface area contributed by atoms with Gasteiger partial charge in [0, 0.05) is 7.05 Å². The molecule has 1 amide bonds. The number of nitrogens with zero attached hydrogens (tertiary/aromatic N) is 3. The molecule has 1 aromatic carbocycles. The van der Waals surface area contributed by atoms with Crippen LogP contribution in [0, 0.1) is 5.82 Å². The lowest BCUT2D eigenvalue weighted by molar-refractivity contribution is -0.128. The molecule has 0 aliphatic heterocycles. The highest BCUT2D eigenvalue weighted by atomic mass is 32.2. The monoisotopic (exact) mass is 361 g/mol. The third kappa shape index (κ3) is 3.57. The third-order valence-electron chi connectivity index (χ3n) is 3.87. The summed E-state index contributed by atoms with van der Waals surface area (Å²) in [5.41, 5.74) is 1.80. The van der Waals surface area contributed by atoms with Crippen LogP contribution in [0.3, 0.4) is 0 Å². The predicted octanol–water partition coefficient (Wildman–Crippen LogP) is 4.14. The van der Waals surface area contributed by atoms with Gasteiger partial charge in [0.1, 0.15) is 17.2 Å². The van der Waals surface area contributed by atoms with E-state index in [4.69, 9.17) is 0 Å². The zero-order chi connectivity index (χ0) is 17.1. The van der Waals surface area contributed by atoms with Gasteiger partial charge in [0.2, 0.25) is 5.91 Å². The Morgan fingerprint density at radius 3 is 2.79 bits per heavy atom. The first kappa shape index (κ1) is 16.9. The minimum Gasteiger partial charge on any atom is -0.338 e. The number of carbonyl (C=O) groups excluding carboxylic acids is 1. The van der Waals surface area contributed by atoms with Crippen molar-refractivity contribution in [2.75, 3.05) is 12.8 Å². The molecule has 3 aromatic rings. The maximum atomic E-state index is 13.0. The fourth-order valence-electron chi connectivity index (χ4n) is 2.28. The molecule has 24 heavy (non-hydrogen) atoms. The molecule has 7 heteroatoms. The zero-order valence-electron chi connectivity index (χ0n) is 13.3. The summed E-state index contributed by atoms with van der Waals surface area (Å²) < 4.78 is 14.0. The number of benzene rings is 1. The first-order chi connectivity index (χ1) is 11.6. The van der Waals surface area contributed by atoms with E-state index in [1.165, 1.54) is 30.2 Å². The van der Waals surface area contributed by atoms with Gasteiger partial charge in [-0.3, -0.25) is 4.79 Å². The summed E-state index contributed by atoms with van der Waals surface area (Å²) in [5.74, 6) is 0.0193. The summed E-state index contributed by atoms with van der Waals surface area (Å²) in [4.78, 5) is 22.6. The number of rotatable bonds is 5. The molecule has 0 saturated carbocycles. The number of fused-ring (bicyclic) bond motifs is 1. The molecule has 0 aliphatic rings. The van der Waals surface area contributed by atoms with Crippen LogP contribution in [0.2, 0.25) is 0 Å². The Balaban J connectivity index is 1.66. The SMILES string of the molecule is C[C@H](c1ccc(F)cc1)N(C)C(=O)CSc1ncnc2ccsc12. The average molecular weight is 361 g/mol. The van der Waals surface area contributed by atoms with Gasteiger partial charge in [-0.05, 0) is 36.1 Å². The van der Waals surface area contributed by atoms with Crippen molar-refractivity contribution < 1.29 is 9.18 Å². The van der Waals surface area contributed by atoms with Gasteiger partial charge in [-0.1, -0.05) is 23.9 Å². The zero-order valence-corrected chi connectivity index (χ0v) is 14.9. The number of amides is 1.